The van der Waals surface area contributed by atoms with E-state index in [-0.39, 0.29) is 5.75 Å². The Morgan fingerprint density at radius 2 is 1.85 bits per heavy atom. The number of anilines is 1. The van der Waals surface area contributed by atoms with Gasteiger partial charge in [-0.05, 0) is 32.9 Å². The highest BCUT2D eigenvalue weighted by molar-refractivity contribution is 8.00. The third-order valence-corrected chi connectivity index (χ3v) is 4.73. The molecule has 0 saturated carbocycles. The van der Waals surface area contributed by atoms with E-state index in [1.165, 1.54) is 11.8 Å². The summed E-state index contributed by atoms with van der Waals surface area (Å²) in [5.41, 5.74) is 6.70. The van der Waals surface area contributed by atoms with Crippen LogP contribution in [-0.4, -0.2) is 30.1 Å². The average molecular weight is 376 g/mol. The number of hydrogen-bond donors (Lipinski definition) is 2. The molecule has 8 heteroatoms. The van der Waals surface area contributed by atoms with E-state index < -0.39 is 24.4 Å². The molecule has 0 aliphatic heterocycles. The lowest BCUT2D eigenvalue weighted by molar-refractivity contribution is -0.119. The molecule has 3 N–H and O–H groups in total. The number of primary amides is 1. The third kappa shape index (κ3) is 4.89. The maximum absolute atomic E-state index is 12.2. The van der Waals surface area contributed by atoms with Gasteiger partial charge < -0.3 is 20.2 Å². The second-order valence-corrected chi connectivity index (χ2v) is 6.61. The molecule has 0 bridgehead atoms. The molecule has 0 atom stereocenters. The topological polar surface area (TPSA) is 112 Å². The van der Waals surface area contributed by atoms with Gasteiger partial charge in [0.1, 0.15) is 17.1 Å². The lowest BCUT2D eigenvalue weighted by atomic mass is 10.1. The molecule has 0 fully saturated rings. The summed E-state index contributed by atoms with van der Waals surface area (Å²) in [5, 5.41) is 2.66. The van der Waals surface area contributed by atoms with Gasteiger partial charge in [0.2, 0.25) is 5.91 Å². The molecule has 2 amide bonds. The minimum Gasteiger partial charge on any atom is -0.465 e. The van der Waals surface area contributed by atoms with Gasteiger partial charge in [0.15, 0.2) is 6.61 Å². The van der Waals surface area contributed by atoms with Crippen LogP contribution in [0.3, 0.4) is 0 Å². The van der Waals surface area contributed by atoms with Crippen molar-refractivity contribution in [1.29, 1.82) is 0 Å². The zero-order valence-electron chi connectivity index (χ0n) is 14.8. The SMILES string of the molecule is Cc1oc(C)c(C(=O)OCC(=O)Nc2ccccc2SCC(N)=O)c1C. The predicted molar refractivity (Wildman–Crippen MR) is 98.2 cm³/mol. The molecular formula is C18H20N2O5S. The molecule has 26 heavy (non-hydrogen) atoms. The number of carbonyl (C=O) groups excluding carboxylic acids is 3. The fourth-order valence-electron chi connectivity index (χ4n) is 2.33. The van der Waals surface area contributed by atoms with Gasteiger partial charge in [0, 0.05) is 10.5 Å². The van der Waals surface area contributed by atoms with Gasteiger partial charge in [0.05, 0.1) is 11.4 Å². The summed E-state index contributed by atoms with van der Waals surface area (Å²) in [7, 11) is 0. The van der Waals surface area contributed by atoms with E-state index in [1.807, 2.05) is 0 Å². The van der Waals surface area contributed by atoms with E-state index in [1.54, 1.807) is 45.0 Å². The van der Waals surface area contributed by atoms with Crippen molar-refractivity contribution < 1.29 is 23.5 Å². The first-order chi connectivity index (χ1) is 12.3. The third-order valence-electron chi connectivity index (χ3n) is 3.63. The van der Waals surface area contributed by atoms with Crippen LogP contribution in [0.4, 0.5) is 5.69 Å². The summed E-state index contributed by atoms with van der Waals surface area (Å²) in [4.78, 5) is 35.9. The van der Waals surface area contributed by atoms with E-state index >= 15 is 0 Å². The number of nitrogens with two attached hydrogens (primary N) is 1. The standard InChI is InChI=1S/C18H20N2O5S/c1-10-11(2)25-12(3)17(10)18(23)24-8-16(22)20-13-6-4-5-7-14(13)26-9-15(19)21/h4-7H,8-9H2,1-3H3,(H2,19,21)(H,20,22). The van der Waals surface area contributed by atoms with Gasteiger partial charge in [-0.3, -0.25) is 9.59 Å². The zero-order chi connectivity index (χ0) is 19.3. The van der Waals surface area contributed by atoms with Crippen LogP contribution in [0.25, 0.3) is 0 Å². The van der Waals surface area contributed by atoms with Gasteiger partial charge in [-0.1, -0.05) is 12.1 Å². The Kier molecular flexibility index (Phi) is 6.46. The Balaban J connectivity index is 1.97. The van der Waals surface area contributed by atoms with Crippen LogP contribution in [-0.2, 0) is 14.3 Å². The molecule has 0 aliphatic carbocycles. The number of amides is 2. The van der Waals surface area contributed by atoms with Crippen molar-refractivity contribution in [3.05, 3.63) is 46.9 Å². The number of benzene rings is 1. The molecular weight excluding hydrogens is 356 g/mol. The highest BCUT2D eigenvalue weighted by atomic mass is 32.2. The van der Waals surface area contributed by atoms with Crippen molar-refractivity contribution in [2.45, 2.75) is 25.7 Å². The van der Waals surface area contributed by atoms with Gasteiger partial charge in [-0.25, -0.2) is 4.79 Å². The maximum atomic E-state index is 12.2. The molecule has 2 aromatic rings. The van der Waals surface area contributed by atoms with Crippen LogP contribution in [0.1, 0.15) is 27.4 Å². The van der Waals surface area contributed by atoms with E-state index in [0.717, 1.165) is 0 Å². The maximum Gasteiger partial charge on any atom is 0.342 e. The lowest BCUT2D eigenvalue weighted by Crippen LogP contribution is -2.21. The fraction of sp³-hybridized carbons (Fsp3) is 0.278. The van der Waals surface area contributed by atoms with E-state index in [0.29, 0.717) is 33.2 Å². The number of para-hydroxylation sites is 1. The summed E-state index contributed by atoms with van der Waals surface area (Å²) >= 11 is 1.22. The van der Waals surface area contributed by atoms with Crippen molar-refractivity contribution >= 4 is 35.2 Å². The van der Waals surface area contributed by atoms with E-state index in [9.17, 15) is 14.4 Å². The average Bonchev–Trinajstić information content (AvgIpc) is 2.84. The van der Waals surface area contributed by atoms with Crippen molar-refractivity contribution in [3.8, 4) is 0 Å². The van der Waals surface area contributed by atoms with Crippen molar-refractivity contribution in [3.63, 3.8) is 0 Å². The van der Waals surface area contributed by atoms with Crippen molar-refractivity contribution in [2.75, 3.05) is 17.7 Å². The highest BCUT2D eigenvalue weighted by Gasteiger charge is 2.21. The Bertz CT molecular complexity index is 844. The molecule has 7 nitrogen and oxygen atoms in total. The van der Waals surface area contributed by atoms with Gasteiger partial charge >= 0.3 is 5.97 Å². The molecule has 0 spiro atoms. The number of carbonyl (C=O) groups is 3. The number of esters is 1. The Labute approximate surface area is 155 Å². The quantitative estimate of drug-likeness (QED) is 0.567. The Hall–Kier alpha value is -2.74. The molecule has 0 aliphatic rings. The number of nitrogens with one attached hydrogen (secondary N) is 1. The number of hydrogen-bond acceptors (Lipinski definition) is 6. The van der Waals surface area contributed by atoms with Crippen molar-refractivity contribution in [1.82, 2.24) is 0 Å². The second kappa shape index (κ2) is 8.57. The summed E-state index contributed by atoms with van der Waals surface area (Å²) in [6.45, 7) is 4.75. The number of aryl methyl sites for hydroxylation is 2. The van der Waals surface area contributed by atoms with E-state index in [4.69, 9.17) is 14.9 Å². The van der Waals surface area contributed by atoms with Gasteiger partial charge in [-0.15, -0.1) is 11.8 Å². The zero-order valence-corrected chi connectivity index (χ0v) is 15.6. The molecule has 1 heterocycles. The minimum atomic E-state index is -0.608. The van der Waals surface area contributed by atoms with Crippen molar-refractivity contribution in [2.24, 2.45) is 5.73 Å². The monoisotopic (exact) mass is 376 g/mol. The van der Waals surface area contributed by atoms with Gasteiger partial charge in [0.25, 0.3) is 5.91 Å². The molecule has 0 radical (unpaired) electrons. The minimum absolute atomic E-state index is 0.0975. The summed E-state index contributed by atoms with van der Waals surface area (Å²) in [6.07, 6.45) is 0. The first-order valence-electron chi connectivity index (χ1n) is 7.83. The molecule has 2 rings (SSSR count). The normalized spacial score (nSPS) is 10.4. The second-order valence-electron chi connectivity index (χ2n) is 5.59. The first kappa shape index (κ1) is 19.6. The largest absolute Gasteiger partial charge is 0.465 e. The summed E-state index contributed by atoms with van der Waals surface area (Å²) in [6, 6.07) is 6.98. The predicted octanol–water partition coefficient (Wildman–Crippen LogP) is 2.58. The molecule has 1 aromatic carbocycles. The van der Waals surface area contributed by atoms with Crippen LogP contribution in [0.15, 0.2) is 33.6 Å². The van der Waals surface area contributed by atoms with Crippen LogP contribution < -0.4 is 11.1 Å². The number of ether oxygens (including phenoxy) is 1. The number of rotatable bonds is 7. The Morgan fingerprint density at radius 1 is 1.15 bits per heavy atom. The Morgan fingerprint density at radius 3 is 2.46 bits per heavy atom. The van der Waals surface area contributed by atoms with Crippen LogP contribution >= 0.6 is 11.8 Å². The van der Waals surface area contributed by atoms with Gasteiger partial charge in [-0.2, -0.15) is 0 Å². The molecule has 0 unspecified atom stereocenters. The number of furan rings is 1. The highest BCUT2D eigenvalue weighted by Crippen LogP contribution is 2.26. The summed E-state index contributed by atoms with van der Waals surface area (Å²) in [5.74, 6) is -0.353. The number of thioether (sulfide) groups is 1. The van der Waals surface area contributed by atoms with Crippen LogP contribution in [0.5, 0.6) is 0 Å². The molecule has 1 aromatic heterocycles. The lowest BCUT2D eigenvalue weighted by Gasteiger charge is -2.10. The summed E-state index contributed by atoms with van der Waals surface area (Å²) < 4.78 is 10.5. The first-order valence-corrected chi connectivity index (χ1v) is 8.81. The molecule has 0 saturated heterocycles. The van der Waals surface area contributed by atoms with Crippen LogP contribution in [0.2, 0.25) is 0 Å². The van der Waals surface area contributed by atoms with E-state index in [2.05, 4.69) is 5.32 Å². The smallest absolute Gasteiger partial charge is 0.342 e. The molecule has 138 valence electrons. The fourth-order valence-corrected chi connectivity index (χ4v) is 3.08. The van der Waals surface area contributed by atoms with Crippen LogP contribution in [0, 0.1) is 20.8 Å².